The lowest BCUT2D eigenvalue weighted by Gasteiger charge is -2.25. The predicted molar refractivity (Wildman–Crippen MR) is 111 cm³/mol. The van der Waals surface area contributed by atoms with Gasteiger partial charge in [0.2, 0.25) is 6.41 Å². The fraction of sp³-hybridized carbons (Fsp3) is 0.263. The van der Waals surface area contributed by atoms with E-state index in [-0.39, 0.29) is 10.0 Å². The van der Waals surface area contributed by atoms with Gasteiger partial charge in [-0.1, -0.05) is 18.2 Å². The van der Waals surface area contributed by atoms with Gasteiger partial charge < -0.3 is 10.6 Å². The van der Waals surface area contributed by atoms with Crippen molar-refractivity contribution < 1.29 is 13.2 Å². The summed E-state index contributed by atoms with van der Waals surface area (Å²) in [5.41, 5.74) is 3.17. The maximum absolute atomic E-state index is 13.3. The maximum atomic E-state index is 13.3. The number of anilines is 2. The Labute approximate surface area is 164 Å². The van der Waals surface area contributed by atoms with Gasteiger partial charge in [0.1, 0.15) is 0 Å². The van der Waals surface area contributed by atoms with Gasteiger partial charge in [0.15, 0.2) is 5.11 Å². The first-order valence-electron chi connectivity index (χ1n) is 8.66. The number of aryl methyl sites for hydroxylation is 2. The minimum atomic E-state index is -3.68. The van der Waals surface area contributed by atoms with Gasteiger partial charge >= 0.3 is 0 Å². The molecule has 0 saturated carbocycles. The number of thiocarbonyl (C=S) groups is 1. The fourth-order valence-electron chi connectivity index (χ4n) is 3.18. The van der Waals surface area contributed by atoms with E-state index in [2.05, 4.69) is 10.6 Å². The second-order valence-corrected chi connectivity index (χ2v) is 8.63. The summed E-state index contributed by atoms with van der Waals surface area (Å²) in [5.74, 6) is 0. The third-order valence-corrected chi connectivity index (χ3v) is 6.57. The quantitative estimate of drug-likeness (QED) is 0.606. The van der Waals surface area contributed by atoms with Crippen molar-refractivity contribution in [2.75, 3.05) is 16.2 Å². The van der Waals surface area contributed by atoms with Crippen molar-refractivity contribution in [1.82, 2.24) is 5.32 Å². The first-order chi connectivity index (χ1) is 12.9. The minimum absolute atomic E-state index is 0.158. The molecule has 0 unspecified atom stereocenters. The predicted octanol–water partition coefficient (Wildman–Crippen LogP) is 2.97. The van der Waals surface area contributed by atoms with Gasteiger partial charge in [-0.05, 0) is 73.8 Å². The van der Waals surface area contributed by atoms with Crippen molar-refractivity contribution >= 4 is 45.1 Å². The van der Waals surface area contributed by atoms with Gasteiger partial charge in [-0.3, -0.25) is 9.10 Å². The number of nitrogens with one attached hydrogen (secondary N) is 2. The summed E-state index contributed by atoms with van der Waals surface area (Å²) >= 11 is 4.98. The van der Waals surface area contributed by atoms with E-state index in [0.29, 0.717) is 24.2 Å². The summed E-state index contributed by atoms with van der Waals surface area (Å²) in [6, 6.07) is 12.5. The number of benzene rings is 2. The van der Waals surface area contributed by atoms with Gasteiger partial charge in [-0.15, -0.1) is 0 Å². The minimum Gasteiger partial charge on any atom is -0.332 e. The summed E-state index contributed by atoms with van der Waals surface area (Å²) in [6.07, 6.45) is 3.15. The molecular formula is C19H21N3O3S2. The van der Waals surface area contributed by atoms with Gasteiger partial charge in [-0.2, -0.15) is 0 Å². The molecule has 1 aliphatic rings. The number of sulfonamides is 1. The highest BCUT2D eigenvalue weighted by atomic mass is 32.2. The van der Waals surface area contributed by atoms with Crippen molar-refractivity contribution in [3.63, 3.8) is 0 Å². The topological polar surface area (TPSA) is 78.5 Å². The van der Waals surface area contributed by atoms with E-state index in [0.717, 1.165) is 30.5 Å². The molecule has 2 N–H and O–H groups in total. The van der Waals surface area contributed by atoms with E-state index >= 15 is 0 Å². The highest BCUT2D eigenvalue weighted by Gasteiger charge is 2.28. The number of para-hydroxylation sites is 1. The average molecular weight is 404 g/mol. The Bertz CT molecular complexity index is 974. The molecule has 0 fully saturated rings. The van der Waals surface area contributed by atoms with E-state index in [1.54, 1.807) is 25.1 Å². The fourth-order valence-corrected chi connectivity index (χ4v) is 4.97. The van der Waals surface area contributed by atoms with Crippen LogP contribution in [0.25, 0.3) is 0 Å². The average Bonchev–Trinajstić information content (AvgIpc) is 2.86. The van der Waals surface area contributed by atoms with E-state index in [1.165, 1.54) is 4.31 Å². The Morgan fingerprint density at radius 2 is 1.96 bits per heavy atom. The summed E-state index contributed by atoms with van der Waals surface area (Å²) in [4.78, 5) is 10.7. The number of hydrogen-bond acceptors (Lipinski definition) is 4. The highest BCUT2D eigenvalue weighted by molar-refractivity contribution is 7.92. The van der Waals surface area contributed by atoms with Crippen LogP contribution in [0.4, 0.5) is 11.4 Å². The molecule has 1 amide bonds. The van der Waals surface area contributed by atoms with Crippen LogP contribution in [0.15, 0.2) is 47.4 Å². The van der Waals surface area contributed by atoms with Crippen LogP contribution in [0.2, 0.25) is 0 Å². The second-order valence-electron chi connectivity index (χ2n) is 6.36. The smallest absolute Gasteiger partial charge is 0.264 e. The molecule has 3 rings (SSSR count). The van der Waals surface area contributed by atoms with Gasteiger partial charge in [0.05, 0.1) is 10.6 Å². The van der Waals surface area contributed by atoms with E-state index < -0.39 is 10.0 Å². The van der Waals surface area contributed by atoms with Gasteiger partial charge in [-0.25, -0.2) is 8.42 Å². The Morgan fingerprint density at radius 3 is 2.70 bits per heavy atom. The van der Waals surface area contributed by atoms with Gasteiger partial charge in [0.25, 0.3) is 10.0 Å². The van der Waals surface area contributed by atoms with Crippen molar-refractivity contribution in [2.24, 2.45) is 0 Å². The molecule has 0 aromatic heterocycles. The molecule has 0 saturated heterocycles. The van der Waals surface area contributed by atoms with Crippen molar-refractivity contribution in [3.8, 4) is 0 Å². The van der Waals surface area contributed by atoms with Crippen LogP contribution in [0.5, 0.6) is 0 Å². The molecule has 0 aliphatic carbocycles. The Morgan fingerprint density at radius 1 is 1.19 bits per heavy atom. The molecule has 2 aromatic rings. The largest absolute Gasteiger partial charge is 0.332 e. The third kappa shape index (κ3) is 4.12. The molecule has 2 aromatic carbocycles. The number of carbonyl (C=O) groups is 1. The third-order valence-electron chi connectivity index (χ3n) is 4.54. The lowest BCUT2D eigenvalue weighted by molar-refractivity contribution is -0.108. The Balaban J connectivity index is 1.95. The van der Waals surface area contributed by atoms with E-state index in [4.69, 9.17) is 12.2 Å². The number of hydrogen-bond donors (Lipinski definition) is 2. The number of carbonyl (C=O) groups excluding carboxylic acids is 1. The number of amides is 1. The summed E-state index contributed by atoms with van der Waals surface area (Å²) in [5, 5.41) is 5.38. The zero-order valence-corrected chi connectivity index (χ0v) is 16.6. The zero-order chi connectivity index (χ0) is 19.4. The number of rotatable bonds is 4. The molecule has 0 bridgehead atoms. The molecule has 0 atom stereocenters. The highest BCUT2D eigenvalue weighted by Crippen LogP contribution is 2.32. The van der Waals surface area contributed by atoms with Crippen LogP contribution in [0.1, 0.15) is 24.0 Å². The van der Waals surface area contributed by atoms with Crippen LogP contribution in [-0.4, -0.2) is 26.5 Å². The Hall–Kier alpha value is -2.45. The van der Waals surface area contributed by atoms with Crippen LogP contribution < -0.4 is 14.9 Å². The molecule has 142 valence electrons. The standard InChI is InChI=1S/C19H21N3O3S2/c1-14-12-16(9-10-17(14)21-19(26)20-13-23)27(24,25)22-11-5-4-7-15-6-2-3-8-18(15)22/h2-3,6,8-10,12-13H,4-5,7,11H2,1H3,(H2,20,21,23,26). The molecule has 0 radical (unpaired) electrons. The molecule has 0 spiro atoms. The molecule has 8 heteroatoms. The lowest BCUT2D eigenvalue weighted by atomic mass is 10.1. The second kappa shape index (κ2) is 8.06. The summed E-state index contributed by atoms with van der Waals surface area (Å²) in [7, 11) is -3.68. The van der Waals surface area contributed by atoms with Crippen molar-refractivity contribution in [2.45, 2.75) is 31.1 Å². The molecule has 6 nitrogen and oxygen atoms in total. The normalized spacial score (nSPS) is 14.0. The first-order valence-corrected chi connectivity index (χ1v) is 10.5. The summed E-state index contributed by atoms with van der Waals surface area (Å²) < 4.78 is 28.1. The number of fused-ring (bicyclic) bond motifs is 1. The molecular weight excluding hydrogens is 382 g/mol. The molecule has 1 heterocycles. The zero-order valence-electron chi connectivity index (χ0n) is 14.9. The number of nitrogens with zero attached hydrogens (tertiary/aromatic N) is 1. The molecule has 27 heavy (non-hydrogen) atoms. The first kappa shape index (κ1) is 19.3. The van der Waals surface area contributed by atoms with Crippen LogP contribution in [0, 0.1) is 6.92 Å². The van der Waals surface area contributed by atoms with Crippen molar-refractivity contribution in [1.29, 1.82) is 0 Å². The monoisotopic (exact) mass is 403 g/mol. The Kier molecular flexibility index (Phi) is 5.76. The maximum Gasteiger partial charge on any atom is 0.264 e. The van der Waals surface area contributed by atoms with Crippen molar-refractivity contribution in [3.05, 3.63) is 53.6 Å². The van der Waals surface area contributed by atoms with Crippen LogP contribution >= 0.6 is 12.2 Å². The summed E-state index contributed by atoms with van der Waals surface area (Å²) in [6.45, 7) is 2.26. The van der Waals surface area contributed by atoms with Gasteiger partial charge in [0, 0.05) is 12.2 Å². The SMILES string of the molecule is Cc1cc(S(=O)(=O)N2CCCCc3ccccc32)ccc1NC(=S)NC=O. The van der Waals surface area contributed by atoms with Crippen LogP contribution in [-0.2, 0) is 21.2 Å². The van der Waals surface area contributed by atoms with E-state index in [1.807, 2.05) is 24.3 Å². The lowest BCUT2D eigenvalue weighted by Crippen LogP contribution is -2.32. The molecule has 1 aliphatic heterocycles. The van der Waals surface area contributed by atoms with E-state index in [9.17, 15) is 13.2 Å². The van der Waals surface area contributed by atoms with Crippen LogP contribution in [0.3, 0.4) is 0 Å².